The van der Waals surface area contributed by atoms with E-state index in [4.69, 9.17) is 0 Å². The summed E-state index contributed by atoms with van der Waals surface area (Å²) in [6.45, 7) is 5.07. The van der Waals surface area contributed by atoms with E-state index in [0.29, 0.717) is 12.3 Å². The van der Waals surface area contributed by atoms with Crippen LogP contribution in [0.15, 0.2) is 6.33 Å². The average molecular weight is 223 g/mol. The van der Waals surface area contributed by atoms with E-state index < -0.39 is 5.60 Å². The Hall–Kier alpha value is -0.900. The van der Waals surface area contributed by atoms with Gasteiger partial charge in [-0.1, -0.05) is 13.3 Å². The number of nitrogens with zero attached hydrogens (tertiary/aromatic N) is 3. The van der Waals surface area contributed by atoms with E-state index >= 15 is 0 Å². The fourth-order valence-electron chi connectivity index (χ4n) is 2.71. The van der Waals surface area contributed by atoms with Crippen LogP contribution >= 0.6 is 0 Å². The Morgan fingerprint density at radius 3 is 3.00 bits per heavy atom. The van der Waals surface area contributed by atoms with Gasteiger partial charge in [-0.25, -0.2) is 4.98 Å². The number of hydrogen-bond donors (Lipinski definition) is 1. The Labute approximate surface area is 96.7 Å². The van der Waals surface area contributed by atoms with Crippen molar-refractivity contribution in [2.75, 3.05) is 0 Å². The van der Waals surface area contributed by atoms with E-state index in [-0.39, 0.29) is 0 Å². The summed E-state index contributed by atoms with van der Waals surface area (Å²) in [7, 11) is 0. The standard InChI is InChI=1S/C12H21N3O/c1-3-10-5-6-12(16,7-10)8-11-13-9-14-15(11)4-2/h9-10,16H,3-8H2,1-2H3. The molecule has 1 N–H and O–H groups in total. The minimum atomic E-state index is -0.541. The van der Waals surface area contributed by atoms with E-state index in [1.165, 1.54) is 6.42 Å². The number of aliphatic hydroxyl groups is 1. The molecule has 4 heteroatoms. The van der Waals surface area contributed by atoms with Crippen LogP contribution in [0.4, 0.5) is 0 Å². The van der Waals surface area contributed by atoms with Crippen molar-refractivity contribution < 1.29 is 5.11 Å². The van der Waals surface area contributed by atoms with Crippen molar-refractivity contribution in [3.63, 3.8) is 0 Å². The Kier molecular flexibility index (Phi) is 3.28. The molecule has 1 aromatic heterocycles. The van der Waals surface area contributed by atoms with Crippen molar-refractivity contribution in [3.8, 4) is 0 Å². The molecule has 0 amide bonds. The summed E-state index contributed by atoms with van der Waals surface area (Å²) in [5, 5.41) is 14.6. The summed E-state index contributed by atoms with van der Waals surface area (Å²) in [6.07, 6.45) is 6.37. The maximum Gasteiger partial charge on any atom is 0.138 e. The van der Waals surface area contributed by atoms with Crippen molar-refractivity contribution >= 4 is 0 Å². The van der Waals surface area contributed by atoms with Crippen LogP contribution in [0, 0.1) is 5.92 Å². The van der Waals surface area contributed by atoms with Crippen LogP contribution in [-0.4, -0.2) is 25.5 Å². The minimum absolute atomic E-state index is 0.541. The lowest BCUT2D eigenvalue weighted by Crippen LogP contribution is -2.29. The Balaban J connectivity index is 2.04. The number of aryl methyl sites for hydroxylation is 1. The molecule has 0 aliphatic heterocycles. The van der Waals surface area contributed by atoms with Gasteiger partial charge in [0.05, 0.1) is 5.60 Å². The van der Waals surface area contributed by atoms with Gasteiger partial charge in [0.15, 0.2) is 0 Å². The molecule has 90 valence electrons. The molecule has 0 saturated heterocycles. The van der Waals surface area contributed by atoms with Crippen molar-refractivity contribution in [1.29, 1.82) is 0 Å². The van der Waals surface area contributed by atoms with Gasteiger partial charge in [0.25, 0.3) is 0 Å². The monoisotopic (exact) mass is 223 g/mol. The highest BCUT2D eigenvalue weighted by molar-refractivity contribution is 4.98. The van der Waals surface area contributed by atoms with Crippen LogP contribution in [0.5, 0.6) is 0 Å². The second kappa shape index (κ2) is 4.53. The molecule has 2 rings (SSSR count). The van der Waals surface area contributed by atoms with Crippen LogP contribution in [0.3, 0.4) is 0 Å². The van der Waals surface area contributed by atoms with Gasteiger partial charge in [0, 0.05) is 13.0 Å². The van der Waals surface area contributed by atoms with E-state index in [1.807, 2.05) is 11.6 Å². The van der Waals surface area contributed by atoms with Gasteiger partial charge in [-0.2, -0.15) is 5.10 Å². The van der Waals surface area contributed by atoms with Crippen molar-refractivity contribution in [2.45, 2.75) is 58.1 Å². The third-order valence-electron chi connectivity index (χ3n) is 3.75. The van der Waals surface area contributed by atoms with Crippen molar-refractivity contribution in [2.24, 2.45) is 5.92 Å². The van der Waals surface area contributed by atoms with Gasteiger partial charge < -0.3 is 5.11 Å². The molecule has 2 unspecified atom stereocenters. The third-order valence-corrected chi connectivity index (χ3v) is 3.75. The lowest BCUT2D eigenvalue weighted by molar-refractivity contribution is 0.0406. The largest absolute Gasteiger partial charge is 0.389 e. The number of rotatable bonds is 4. The Morgan fingerprint density at radius 1 is 1.56 bits per heavy atom. The molecule has 1 fully saturated rings. The lowest BCUT2D eigenvalue weighted by atomic mass is 9.95. The van der Waals surface area contributed by atoms with Gasteiger partial charge in [-0.05, 0) is 32.1 Å². The Bertz CT molecular complexity index is 350. The first-order valence-corrected chi connectivity index (χ1v) is 6.26. The summed E-state index contributed by atoms with van der Waals surface area (Å²) in [6, 6.07) is 0. The first kappa shape index (κ1) is 11.6. The summed E-state index contributed by atoms with van der Waals surface area (Å²) < 4.78 is 1.87. The summed E-state index contributed by atoms with van der Waals surface area (Å²) in [4.78, 5) is 4.24. The normalized spacial score (nSPS) is 29.8. The first-order chi connectivity index (χ1) is 7.67. The third kappa shape index (κ3) is 2.26. The molecule has 1 heterocycles. The minimum Gasteiger partial charge on any atom is -0.389 e. The molecule has 0 spiro atoms. The molecular weight excluding hydrogens is 202 g/mol. The summed E-state index contributed by atoms with van der Waals surface area (Å²) >= 11 is 0. The topological polar surface area (TPSA) is 50.9 Å². The molecule has 0 aromatic carbocycles. The number of hydrogen-bond acceptors (Lipinski definition) is 3. The molecule has 1 aromatic rings. The smallest absolute Gasteiger partial charge is 0.138 e. The molecule has 4 nitrogen and oxygen atoms in total. The lowest BCUT2D eigenvalue weighted by Gasteiger charge is -2.22. The van der Waals surface area contributed by atoms with E-state index in [1.54, 1.807) is 6.33 Å². The van der Waals surface area contributed by atoms with Crippen LogP contribution in [0.1, 0.15) is 45.4 Å². The van der Waals surface area contributed by atoms with Crippen LogP contribution in [-0.2, 0) is 13.0 Å². The van der Waals surface area contributed by atoms with Gasteiger partial charge in [-0.15, -0.1) is 0 Å². The van der Waals surface area contributed by atoms with Crippen LogP contribution in [0.2, 0.25) is 0 Å². The van der Waals surface area contributed by atoms with Crippen molar-refractivity contribution in [3.05, 3.63) is 12.2 Å². The fraction of sp³-hybridized carbons (Fsp3) is 0.833. The maximum atomic E-state index is 10.5. The van der Waals surface area contributed by atoms with Gasteiger partial charge in [0.1, 0.15) is 12.2 Å². The predicted molar refractivity (Wildman–Crippen MR) is 62.0 cm³/mol. The SMILES string of the molecule is CCC1CCC(O)(Cc2ncnn2CC)C1. The van der Waals surface area contributed by atoms with Crippen LogP contribution < -0.4 is 0 Å². The molecule has 0 radical (unpaired) electrons. The molecule has 1 saturated carbocycles. The molecule has 0 bridgehead atoms. The average Bonchev–Trinajstić information content (AvgIpc) is 2.85. The van der Waals surface area contributed by atoms with E-state index in [2.05, 4.69) is 17.0 Å². The van der Waals surface area contributed by atoms with Gasteiger partial charge in [-0.3, -0.25) is 4.68 Å². The highest BCUT2D eigenvalue weighted by Crippen LogP contribution is 2.38. The zero-order chi connectivity index (χ0) is 11.6. The van der Waals surface area contributed by atoms with E-state index in [9.17, 15) is 5.11 Å². The zero-order valence-corrected chi connectivity index (χ0v) is 10.2. The quantitative estimate of drug-likeness (QED) is 0.846. The highest BCUT2D eigenvalue weighted by atomic mass is 16.3. The predicted octanol–water partition coefficient (Wildman–Crippen LogP) is 1.78. The maximum absolute atomic E-state index is 10.5. The number of aromatic nitrogens is 3. The summed E-state index contributed by atoms with van der Waals surface area (Å²) in [5.74, 6) is 1.60. The molecule has 16 heavy (non-hydrogen) atoms. The second-order valence-corrected chi connectivity index (χ2v) is 4.91. The fourth-order valence-corrected chi connectivity index (χ4v) is 2.71. The molecular formula is C12H21N3O. The molecule has 2 atom stereocenters. The highest BCUT2D eigenvalue weighted by Gasteiger charge is 2.37. The van der Waals surface area contributed by atoms with Crippen molar-refractivity contribution in [1.82, 2.24) is 14.8 Å². The van der Waals surface area contributed by atoms with Gasteiger partial charge in [0.2, 0.25) is 0 Å². The second-order valence-electron chi connectivity index (χ2n) is 4.91. The Morgan fingerprint density at radius 2 is 2.38 bits per heavy atom. The van der Waals surface area contributed by atoms with Crippen LogP contribution in [0.25, 0.3) is 0 Å². The molecule has 1 aliphatic carbocycles. The summed E-state index contributed by atoms with van der Waals surface area (Å²) in [5.41, 5.74) is -0.541. The molecule has 1 aliphatic rings. The zero-order valence-electron chi connectivity index (χ0n) is 10.2. The van der Waals surface area contributed by atoms with E-state index in [0.717, 1.165) is 31.6 Å². The first-order valence-electron chi connectivity index (χ1n) is 6.26. The van der Waals surface area contributed by atoms with Gasteiger partial charge >= 0.3 is 0 Å².